The highest BCUT2D eigenvalue weighted by atomic mass is 35.5. The minimum Gasteiger partial charge on any atom is -0.350 e. The van der Waals surface area contributed by atoms with Crippen LogP contribution in [0.25, 0.3) is 0 Å². The number of alkyl halides is 1. The first-order valence-corrected chi connectivity index (χ1v) is 6.44. The van der Waals surface area contributed by atoms with E-state index in [2.05, 4.69) is 10.3 Å². The lowest BCUT2D eigenvalue weighted by Gasteiger charge is -2.10. The molecule has 2 unspecified atom stereocenters. The number of carbonyl (C=O) groups excluding carboxylic acids is 1. The number of pyridine rings is 1. The Morgan fingerprint density at radius 1 is 1.53 bits per heavy atom. The predicted molar refractivity (Wildman–Crippen MR) is 68.3 cm³/mol. The van der Waals surface area contributed by atoms with Gasteiger partial charge in [-0.1, -0.05) is 6.07 Å². The van der Waals surface area contributed by atoms with E-state index >= 15 is 0 Å². The first-order chi connectivity index (χ1) is 8.15. The lowest BCUT2D eigenvalue weighted by atomic mass is 10.1. The summed E-state index contributed by atoms with van der Waals surface area (Å²) in [5, 5.41) is 3.21. The molecule has 1 fully saturated rings. The van der Waals surface area contributed by atoms with Crippen LogP contribution in [-0.2, 0) is 0 Å². The van der Waals surface area contributed by atoms with Gasteiger partial charge in [-0.3, -0.25) is 4.79 Å². The molecule has 4 heteroatoms. The molecule has 1 heterocycles. The molecule has 1 N–H and O–H groups in total. The first kappa shape index (κ1) is 12.4. The molecular weight excluding hydrogens is 236 g/mol. The van der Waals surface area contributed by atoms with Gasteiger partial charge in [0, 0.05) is 17.6 Å². The summed E-state index contributed by atoms with van der Waals surface area (Å²) in [5.74, 6) is 0.429. The molecule has 1 aliphatic rings. The van der Waals surface area contributed by atoms with Gasteiger partial charge in [-0.05, 0) is 44.2 Å². The van der Waals surface area contributed by atoms with Crippen molar-refractivity contribution in [3.63, 3.8) is 0 Å². The van der Waals surface area contributed by atoms with Gasteiger partial charge >= 0.3 is 0 Å². The molecule has 3 nitrogen and oxygen atoms in total. The number of aromatic nitrogens is 1. The summed E-state index contributed by atoms with van der Waals surface area (Å²) < 4.78 is 0. The second-order valence-electron chi connectivity index (χ2n) is 4.65. The van der Waals surface area contributed by atoms with Crippen LogP contribution in [0.3, 0.4) is 0 Å². The zero-order valence-electron chi connectivity index (χ0n) is 9.95. The average molecular weight is 253 g/mol. The molecule has 2 rings (SSSR count). The molecule has 17 heavy (non-hydrogen) atoms. The monoisotopic (exact) mass is 252 g/mol. The molecule has 0 aliphatic heterocycles. The molecular formula is C13H17ClN2O. The van der Waals surface area contributed by atoms with E-state index in [1.165, 1.54) is 0 Å². The Kier molecular flexibility index (Phi) is 4.00. The van der Waals surface area contributed by atoms with E-state index in [1.807, 2.05) is 19.1 Å². The Hall–Kier alpha value is -1.09. The Labute approximate surface area is 107 Å². The number of hydrogen-bond acceptors (Lipinski definition) is 2. The highest BCUT2D eigenvalue weighted by Crippen LogP contribution is 2.28. The Balaban J connectivity index is 1.85. The van der Waals surface area contributed by atoms with Crippen molar-refractivity contribution in [2.45, 2.75) is 31.6 Å². The number of amides is 1. The minimum atomic E-state index is -0.0910. The van der Waals surface area contributed by atoms with Gasteiger partial charge in [-0.25, -0.2) is 4.98 Å². The third-order valence-corrected chi connectivity index (χ3v) is 3.55. The minimum absolute atomic E-state index is 0.0910. The molecule has 0 bridgehead atoms. The molecule has 92 valence electrons. The van der Waals surface area contributed by atoms with Crippen LogP contribution in [0.15, 0.2) is 18.2 Å². The summed E-state index contributed by atoms with van der Waals surface area (Å²) in [4.78, 5) is 16.0. The van der Waals surface area contributed by atoms with E-state index in [-0.39, 0.29) is 11.3 Å². The normalized spacial score (nSPS) is 23.6. The molecule has 2 atom stereocenters. The van der Waals surface area contributed by atoms with Crippen molar-refractivity contribution in [2.75, 3.05) is 6.54 Å². The van der Waals surface area contributed by atoms with E-state index < -0.39 is 0 Å². The number of nitrogens with one attached hydrogen (secondary N) is 1. The van der Waals surface area contributed by atoms with Crippen molar-refractivity contribution in [3.8, 4) is 0 Å². The summed E-state index contributed by atoms with van der Waals surface area (Å²) in [6.45, 7) is 2.59. The lowest BCUT2D eigenvalue weighted by molar-refractivity contribution is 0.0942. The van der Waals surface area contributed by atoms with Crippen LogP contribution in [0.5, 0.6) is 0 Å². The number of aryl methyl sites for hydroxylation is 1. The van der Waals surface area contributed by atoms with E-state index in [1.54, 1.807) is 6.07 Å². The summed E-state index contributed by atoms with van der Waals surface area (Å²) >= 11 is 6.03. The van der Waals surface area contributed by atoms with E-state index in [0.29, 0.717) is 18.2 Å². The van der Waals surface area contributed by atoms with E-state index in [0.717, 1.165) is 25.0 Å². The smallest absolute Gasteiger partial charge is 0.269 e. The lowest BCUT2D eigenvalue weighted by Crippen LogP contribution is -2.29. The standard InChI is InChI=1S/C13H17ClN2O/c1-9-3-2-4-12(16-9)13(17)15-8-10-5-6-11(14)7-10/h2-4,10-11H,5-8H2,1H3,(H,15,17). The Morgan fingerprint density at radius 2 is 2.35 bits per heavy atom. The summed E-state index contributed by atoms with van der Waals surface area (Å²) in [7, 11) is 0. The fourth-order valence-corrected chi connectivity index (χ4v) is 2.57. The third kappa shape index (κ3) is 3.43. The fourth-order valence-electron chi connectivity index (χ4n) is 2.20. The molecule has 0 radical (unpaired) electrons. The van der Waals surface area contributed by atoms with Crippen LogP contribution in [0.1, 0.15) is 35.4 Å². The molecule has 1 amide bonds. The number of rotatable bonds is 3. The van der Waals surface area contributed by atoms with Crippen molar-refractivity contribution in [1.29, 1.82) is 0 Å². The maximum absolute atomic E-state index is 11.8. The average Bonchev–Trinajstić information content (AvgIpc) is 2.72. The number of halogens is 1. The van der Waals surface area contributed by atoms with Gasteiger partial charge in [-0.2, -0.15) is 0 Å². The van der Waals surface area contributed by atoms with Crippen LogP contribution in [0.2, 0.25) is 0 Å². The van der Waals surface area contributed by atoms with Gasteiger partial charge < -0.3 is 5.32 Å². The van der Waals surface area contributed by atoms with Crippen LogP contribution < -0.4 is 5.32 Å². The molecule has 1 aliphatic carbocycles. The van der Waals surface area contributed by atoms with Crippen LogP contribution >= 0.6 is 11.6 Å². The second kappa shape index (κ2) is 5.50. The quantitative estimate of drug-likeness (QED) is 0.840. The summed E-state index contributed by atoms with van der Waals surface area (Å²) in [6.07, 6.45) is 3.17. The zero-order chi connectivity index (χ0) is 12.3. The molecule has 0 spiro atoms. The number of nitrogens with zero attached hydrogens (tertiary/aromatic N) is 1. The van der Waals surface area contributed by atoms with Crippen LogP contribution in [-0.4, -0.2) is 22.8 Å². The SMILES string of the molecule is Cc1cccc(C(=O)NCC2CCC(Cl)C2)n1. The number of hydrogen-bond donors (Lipinski definition) is 1. The van der Waals surface area contributed by atoms with Gasteiger partial charge in [0.05, 0.1) is 0 Å². The van der Waals surface area contributed by atoms with Crippen LogP contribution in [0.4, 0.5) is 0 Å². The molecule has 0 saturated heterocycles. The fraction of sp³-hybridized carbons (Fsp3) is 0.538. The van der Waals surface area contributed by atoms with Gasteiger partial charge in [0.15, 0.2) is 0 Å². The third-order valence-electron chi connectivity index (χ3n) is 3.15. The maximum atomic E-state index is 11.8. The highest BCUT2D eigenvalue weighted by Gasteiger charge is 2.23. The van der Waals surface area contributed by atoms with Crippen molar-refractivity contribution in [1.82, 2.24) is 10.3 Å². The maximum Gasteiger partial charge on any atom is 0.269 e. The van der Waals surface area contributed by atoms with E-state index in [4.69, 9.17) is 11.6 Å². The largest absolute Gasteiger partial charge is 0.350 e. The topological polar surface area (TPSA) is 42.0 Å². The van der Waals surface area contributed by atoms with Crippen molar-refractivity contribution in [3.05, 3.63) is 29.6 Å². The summed E-state index contributed by atoms with van der Waals surface area (Å²) in [5.41, 5.74) is 1.35. The van der Waals surface area contributed by atoms with Crippen molar-refractivity contribution in [2.24, 2.45) is 5.92 Å². The number of carbonyl (C=O) groups is 1. The zero-order valence-corrected chi connectivity index (χ0v) is 10.7. The van der Waals surface area contributed by atoms with Crippen LogP contribution in [0, 0.1) is 12.8 Å². The van der Waals surface area contributed by atoms with E-state index in [9.17, 15) is 4.79 Å². The van der Waals surface area contributed by atoms with Gasteiger partial charge in [-0.15, -0.1) is 11.6 Å². The van der Waals surface area contributed by atoms with Crippen molar-refractivity contribution < 1.29 is 4.79 Å². The Bertz CT molecular complexity index is 408. The van der Waals surface area contributed by atoms with Gasteiger partial charge in [0.2, 0.25) is 0 Å². The molecule has 0 aromatic carbocycles. The first-order valence-electron chi connectivity index (χ1n) is 6.01. The molecule has 1 aromatic heterocycles. The molecule has 1 saturated carbocycles. The van der Waals surface area contributed by atoms with Gasteiger partial charge in [0.25, 0.3) is 5.91 Å². The van der Waals surface area contributed by atoms with Crippen molar-refractivity contribution >= 4 is 17.5 Å². The second-order valence-corrected chi connectivity index (χ2v) is 5.27. The molecule has 1 aromatic rings. The highest BCUT2D eigenvalue weighted by molar-refractivity contribution is 6.20. The Morgan fingerprint density at radius 3 is 3.00 bits per heavy atom. The predicted octanol–water partition coefficient (Wildman–Crippen LogP) is 2.53. The van der Waals surface area contributed by atoms with Gasteiger partial charge in [0.1, 0.15) is 5.69 Å². The summed E-state index contributed by atoms with van der Waals surface area (Å²) in [6, 6.07) is 5.47.